The van der Waals surface area contributed by atoms with Gasteiger partial charge in [0, 0.05) is 15.7 Å². The molecule has 0 bridgehead atoms. The molecule has 2 rings (SSSR count). The van der Waals surface area contributed by atoms with E-state index in [4.69, 9.17) is 4.74 Å². The minimum atomic E-state index is -0.329. The molecule has 0 saturated heterocycles. The molecule has 2 aromatic rings. The van der Waals surface area contributed by atoms with Crippen LogP contribution >= 0.6 is 15.9 Å². The summed E-state index contributed by atoms with van der Waals surface area (Å²) in [5, 5.41) is 0. The van der Waals surface area contributed by atoms with Crippen molar-refractivity contribution in [2.75, 3.05) is 6.61 Å². The maximum atomic E-state index is 11.9. The number of rotatable bonds is 3. The maximum absolute atomic E-state index is 11.9. The fraction of sp³-hybridized carbons (Fsp3) is 0.214. The Morgan fingerprint density at radius 1 is 1.33 bits per heavy atom. The van der Waals surface area contributed by atoms with Crippen LogP contribution in [-0.4, -0.2) is 17.6 Å². The van der Waals surface area contributed by atoms with Gasteiger partial charge in [-0.15, -0.1) is 0 Å². The minimum Gasteiger partial charge on any atom is -0.461 e. The Labute approximate surface area is 114 Å². The molecule has 0 unspecified atom stereocenters. The van der Waals surface area contributed by atoms with Gasteiger partial charge in [0.25, 0.3) is 0 Å². The number of nitrogens with one attached hydrogen (secondary N) is 1. The second-order valence-electron chi connectivity index (χ2n) is 3.90. The molecule has 0 atom stereocenters. The third-order valence-corrected chi connectivity index (χ3v) is 3.64. The second kappa shape index (κ2) is 5.40. The number of aryl methyl sites for hydroxylation is 1. The van der Waals surface area contributed by atoms with Gasteiger partial charge in [0.05, 0.1) is 6.61 Å². The van der Waals surface area contributed by atoms with Gasteiger partial charge < -0.3 is 9.72 Å². The third-order valence-electron chi connectivity index (χ3n) is 2.65. The summed E-state index contributed by atoms with van der Waals surface area (Å²) in [6, 6.07) is 9.77. The highest BCUT2D eigenvalue weighted by Crippen LogP contribution is 2.34. The highest BCUT2D eigenvalue weighted by molar-refractivity contribution is 9.10. The molecule has 1 aromatic heterocycles. The number of carbonyl (C=O) groups excluding carboxylic acids is 1. The summed E-state index contributed by atoms with van der Waals surface area (Å²) in [4.78, 5) is 15.0. The first-order valence-electron chi connectivity index (χ1n) is 5.75. The van der Waals surface area contributed by atoms with Gasteiger partial charge in [-0.3, -0.25) is 0 Å². The van der Waals surface area contributed by atoms with Crippen LogP contribution < -0.4 is 0 Å². The standard InChI is InChI=1S/C14H14BrNO2/c1-3-18-14(17)13-11(12(15)9(2)16-13)10-7-5-4-6-8-10/h4-8,16H,3H2,1-2H3. The van der Waals surface area contributed by atoms with Crippen molar-refractivity contribution in [2.45, 2.75) is 13.8 Å². The zero-order valence-corrected chi connectivity index (χ0v) is 11.9. The summed E-state index contributed by atoms with van der Waals surface area (Å²) in [6.07, 6.45) is 0. The van der Waals surface area contributed by atoms with Crippen LogP contribution in [0.1, 0.15) is 23.1 Å². The minimum absolute atomic E-state index is 0.329. The first-order valence-corrected chi connectivity index (χ1v) is 6.55. The monoisotopic (exact) mass is 307 g/mol. The van der Waals surface area contributed by atoms with Gasteiger partial charge in [-0.2, -0.15) is 0 Å². The van der Waals surface area contributed by atoms with Crippen LogP contribution in [0.5, 0.6) is 0 Å². The average Bonchev–Trinajstić information content (AvgIpc) is 2.67. The Morgan fingerprint density at radius 3 is 2.61 bits per heavy atom. The Bertz CT molecular complexity index is 561. The lowest BCUT2D eigenvalue weighted by Crippen LogP contribution is -2.06. The lowest BCUT2D eigenvalue weighted by molar-refractivity contribution is 0.0521. The van der Waals surface area contributed by atoms with E-state index in [0.717, 1.165) is 21.3 Å². The smallest absolute Gasteiger partial charge is 0.355 e. The number of benzene rings is 1. The fourth-order valence-electron chi connectivity index (χ4n) is 1.83. The van der Waals surface area contributed by atoms with Crippen LogP contribution in [0.4, 0.5) is 0 Å². The molecule has 0 radical (unpaired) electrons. The largest absolute Gasteiger partial charge is 0.461 e. The summed E-state index contributed by atoms with van der Waals surface area (Å²) in [7, 11) is 0. The summed E-state index contributed by atoms with van der Waals surface area (Å²) in [6.45, 7) is 4.08. The number of hydrogen-bond donors (Lipinski definition) is 1. The Balaban J connectivity index is 2.55. The van der Waals surface area contributed by atoms with E-state index >= 15 is 0 Å². The van der Waals surface area contributed by atoms with Gasteiger partial charge in [-0.1, -0.05) is 30.3 Å². The molecule has 1 N–H and O–H groups in total. The molecule has 1 heterocycles. The van der Waals surface area contributed by atoms with Gasteiger partial charge in [-0.25, -0.2) is 4.79 Å². The summed E-state index contributed by atoms with van der Waals surface area (Å²) < 4.78 is 5.97. The van der Waals surface area contributed by atoms with E-state index in [9.17, 15) is 4.79 Å². The lowest BCUT2D eigenvalue weighted by Gasteiger charge is -2.04. The van der Waals surface area contributed by atoms with E-state index in [2.05, 4.69) is 20.9 Å². The molecule has 3 nitrogen and oxygen atoms in total. The highest BCUT2D eigenvalue weighted by atomic mass is 79.9. The molecule has 0 aliphatic rings. The molecule has 4 heteroatoms. The van der Waals surface area contributed by atoms with E-state index in [0.29, 0.717) is 12.3 Å². The van der Waals surface area contributed by atoms with Crippen LogP contribution in [0.15, 0.2) is 34.8 Å². The SMILES string of the molecule is CCOC(=O)c1[nH]c(C)c(Br)c1-c1ccccc1. The lowest BCUT2D eigenvalue weighted by atomic mass is 10.1. The Kier molecular flexibility index (Phi) is 3.87. The van der Waals surface area contributed by atoms with Gasteiger partial charge in [0.2, 0.25) is 0 Å². The van der Waals surface area contributed by atoms with Gasteiger partial charge in [-0.05, 0) is 35.3 Å². The molecule has 1 aromatic carbocycles. The normalized spacial score (nSPS) is 10.4. The highest BCUT2D eigenvalue weighted by Gasteiger charge is 2.21. The molecular formula is C14H14BrNO2. The number of esters is 1. The number of hydrogen-bond acceptors (Lipinski definition) is 2. The second-order valence-corrected chi connectivity index (χ2v) is 4.69. The third kappa shape index (κ3) is 2.34. The van der Waals surface area contributed by atoms with E-state index in [1.807, 2.05) is 37.3 Å². The zero-order valence-electron chi connectivity index (χ0n) is 10.3. The predicted molar refractivity (Wildman–Crippen MR) is 74.6 cm³/mol. The summed E-state index contributed by atoms with van der Waals surface area (Å²) in [5.74, 6) is -0.329. The van der Waals surface area contributed by atoms with E-state index in [-0.39, 0.29) is 5.97 Å². The van der Waals surface area contributed by atoms with Crippen LogP contribution in [-0.2, 0) is 4.74 Å². The fourth-order valence-corrected chi connectivity index (χ4v) is 2.36. The molecule has 0 aliphatic carbocycles. The number of halogens is 1. The topological polar surface area (TPSA) is 42.1 Å². The molecule has 0 fully saturated rings. The first-order chi connectivity index (χ1) is 8.65. The van der Waals surface area contributed by atoms with Crippen molar-refractivity contribution < 1.29 is 9.53 Å². The Hall–Kier alpha value is -1.55. The van der Waals surface area contributed by atoms with Crippen molar-refractivity contribution in [3.05, 3.63) is 46.2 Å². The first kappa shape index (κ1) is 12.9. The van der Waals surface area contributed by atoms with E-state index in [1.165, 1.54) is 0 Å². The van der Waals surface area contributed by atoms with Crippen LogP contribution in [0, 0.1) is 6.92 Å². The van der Waals surface area contributed by atoms with Gasteiger partial charge in [0.15, 0.2) is 0 Å². The van der Waals surface area contributed by atoms with E-state index < -0.39 is 0 Å². The quantitative estimate of drug-likeness (QED) is 0.873. The molecule has 0 amide bonds. The average molecular weight is 308 g/mol. The number of carbonyl (C=O) groups is 1. The van der Waals surface area contributed by atoms with Crippen molar-refractivity contribution >= 4 is 21.9 Å². The van der Waals surface area contributed by atoms with Crippen molar-refractivity contribution in [1.29, 1.82) is 0 Å². The number of ether oxygens (including phenoxy) is 1. The number of aromatic amines is 1. The Morgan fingerprint density at radius 2 is 2.00 bits per heavy atom. The van der Waals surface area contributed by atoms with Crippen molar-refractivity contribution in [3.63, 3.8) is 0 Å². The molecule has 0 aliphatic heterocycles. The molecule has 0 saturated carbocycles. The number of H-pyrrole nitrogens is 1. The number of aromatic nitrogens is 1. The van der Waals surface area contributed by atoms with Gasteiger partial charge >= 0.3 is 5.97 Å². The van der Waals surface area contributed by atoms with Crippen molar-refractivity contribution in [3.8, 4) is 11.1 Å². The predicted octanol–water partition coefficient (Wildman–Crippen LogP) is 3.93. The summed E-state index contributed by atoms with van der Waals surface area (Å²) in [5.41, 5.74) is 3.24. The van der Waals surface area contributed by atoms with Gasteiger partial charge in [0.1, 0.15) is 5.69 Å². The van der Waals surface area contributed by atoms with Crippen molar-refractivity contribution in [2.24, 2.45) is 0 Å². The molecule has 94 valence electrons. The van der Waals surface area contributed by atoms with Crippen molar-refractivity contribution in [1.82, 2.24) is 4.98 Å². The van der Waals surface area contributed by atoms with Crippen LogP contribution in [0.2, 0.25) is 0 Å². The van der Waals surface area contributed by atoms with Crippen LogP contribution in [0.3, 0.4) is 0 Å². The molecule has 18 heavy (non-hydrogen) atoms. The zero-order chi connectivity index (χ0) is 13.1. The van der Waals surface area contributed by atoms with Crippen LogP contribution in [0.25, 0.3) is 11.1 Å². The molecular weight excluding hydrogens is 294 g/mol. The maximum Gasteiger partial charge on any atom is 0.355 e. The molecule has 0 spiro atoms. The van der Waals surface area contributed by atoms with E-state index in [1.54, 1.807) is 6.92 Å². The summed E-state index contributed by atoms with van der Waals surface area (Å²) >= 11 is 3.52.